The SMILES string of the molecule is C[C@@H](C(=O)NC1CCCCC1)N(Cc1cccc(Br)c1)C(=O)CN(c1ccc(F)cc1)S(=O)(=O)c1ccccc1. The maximum absolute atomic E-state index is 14.0. The Bertz CT molecular complexity index is 1410. The van der Waals surface area contributed by atoms with E-state index in [4.69, 9.17) is 0 Å². The van der Waals surface area contributed by atoms with Crippen LogP contribution in [0.3, 0.4) is 0 Å². The van der Waals surface area contributed by atoms with Crippen molar-refractivity contribution in [3.63, 3.8) is 0 Å². The first-order valence-electron chi connectivity index (χ1n) is 13.3. The summed E-state index contributed by atoms with van der Waals surface area (Å²) in [4.78, 5) is 28.7. The molecule has 0 spiro atoms. The fourth-order valence-corrected chi connectivity index (χ4v) is 6.72. The van der Waals surface area contributed by atoms with E-state index in [0.717, 1.165) is 58.6 Å². The Morgan fingerprint density at radius 1 is 0.975 bits per heavy atom. The first-order valence-corrected chi connectivity index (χ1v) is 15.6. The molecule has 0 bridgehead atoms. The Morgan fingerprint density at radius 2 is 1.65 bits per heavy atom. The molecule has 1 fully saturated rings. The van der Waals surface area contributed by atoms with E-state index >= 15 is 0 Å². The quantitative estimate of drug-likeness (QED) is 0.314. The second-order valence-electron chi connectivity index (χ2n) is 9.97. The third kappa shape index (κ3) is 7.48. The molecule has 2 amide bonds. The standard InChI is InChI=1S/C30H33BrFN3O4S/c1-22(30(37)33-26-11-4-2-5-12-26)34(20-23-9-8-10-24(31)19-23)29(36)21-35(27-17-15-25(32)16-18-27)40(38,39)28-13-6-3-7-14-28/h3,6-10,13-19,22,26H,2,4-5,11-12,20-21H2,1H3,(H,33,37)/t22-/m0/s1. The van der Waals surface area contributed by atoms with Crippen LogP contribution in [0.4, 0.5) is 10.1 Å². The second-order valence-corrected chi connectivity index (χ2v) is 12.8. The van der Waals surface area contributed by atoms with Crippen LogP contribution >= 0.6 is 15.9 Å². The number of carbonyl (C=O) groups is 2. The molecular weight excluding hydrogens is 597 g/mol. The Balaban J connectivity index is 1.66. The van der Waals surface area contributed by atoms with Crippen LogP contribution in [0.5, 0.6) is 0 Å². The highest BCUT2D eigenvalue weighted by Gasteiger charge is 2.33. The minimum Gasteiger partial charge on any atom is -0.352 e. The predicted molar refractivity (Wildman–Crippen MR) is 157 cm³/mol. The van der Waals surface area contributed by atoms with Crippen molar-refractivity contribution in [3.05, 3.63) is 94.7 Å². The molecule has 0 saturated heterocycles. The van der Waals surface area contributed by atoms with Crippen LogP contribution in [0.1, 0.15) is 44.6 Å². The molecule has 0 radical (unpaired) electrons. The van der Waals surface area contributed by atoms with Gasteiger partial charge in [0, 0.05) is 17.1 Å². The molecule has 1 aliphatic rings. The molecule has 212 valence electrons. The molecule has 40 heavy (non-hydrogen) atoms. The molecule has 0 unspecified atom stereocenters. The number of hydrogen-bond acceptors (Lipinski definition) is 4. The fourth-order valence-electron chi connectivity index (χ4n) is 4.84. The van der Waals surface area contributed by atoms with Gasteiger partial charge in [0.25, 0.3) is 10.0 Å². The van der Waals surface area contributed by atoms with Crippen molar-refractivity contribution in [2.45, 2.75) is 62.6 Å². The van der Waals surface area contributed by atoms with Gasteiger partial charge in [-0.2, -0.15) is 0 Å². The maximum Gasteiger partial charge on any atom is 0.264 e. The van der Waals surface area contributed by atoms with E-state index in [0.29, 0.717) is 0 Å². The largest absolute Gasteiger partial charge is 0.352 e. The lowest BCUT2D eigenvalue weighted by Crippen LogP contribution is -2.53. The van der Waals surface area contributed by atoms with Crippen molar-refractivity contribution < 1.29 is 22.4 Å². The van der Waals surface area contributed by atoms with Crippen LogP contribution in [-0.2, 0) is 26.2 Å². The summed E-state index contributed by atoms with van der Waals surface area (Å²) < 4.78 is 43.0. The highest BCUT2D eigenvalue weighted by Crippen LogP contribution is 2.25. The van der Waals surface area contributed by atoms with E-state index < -0.39 is 34.3 Å². The Kier molecular flexibility index (Phi) is 9.97. The second kappa shape index (κ2) is 13.4. The van der Waals surface area contributed by atoms with Crippen LogP contribution in [0, 0.1) is 5.82 Å². The zero-order valence-electron chi connectivity index (χ0n) is 22.3. The molecule has 7 nitrogen and oxygen atoms in total. The van der Waals surface area contributed by atoms with Crippen LogP contribution in [0.15, 0.2) is 88.2 Å². The van der Waals surface area contributed by atoms with E-state index in [9.17, 15) is 22.4 Å². The first kappa shape index (κ1) is 29.7. The fraction of sp³-hybridized carbons (Fsp3) is 0.333. The number of hydrogen-bond donors (Lipinski definition) is 1. The monoisotopic (exact) mass is 629 g/mol. The van der Waals surface area contributed by atoms with Gasteiger partial charge < -0.3 is 10.2 Å². The Labute approximate surface area is 243 Å². The molecule has 3 aromatic rings. The third-order valence-corrected chi connectivity index (χ3v) is 9.37. The summed E-state index contributed by atoms with van der Waals surface area (Å²) in [6, 6.07) is 19.3. The van der Waals surface area contributed by atoms with Gasteiger partial charge >= 0.3 is 0 Å². The van der Waals surface area contributed by atoms with Gasteiger partial charge in [0.2, 0.25) is 11.8 Å². The number of carbonyl (C=O) groups excluding carboxylic acids is 2. The van der Waals surface area contributed by atoms with E-state index in [1.807, 2.05) is 24.3 Å². The summed E-state index contributed by atoms with van der Waals surface area (Å²) in [5.74, 6) is -1.37. The molecule has 1 saturated carbocycles. The predicted octanol–water partition coefficient (Wildman–Crippen LogP) is 5.65. The summed E-state index contributed by atoms with van der Waals surface area (Å²) in [6.45, 7) is 1.18. The van der Waals surface area contributed by atoms with Gasteiger partial charge in [-0.3, -0.25) is 13.9 Å². The third-order valence-electron chi connectivity index (χ3n) is 7.09. The topological polar surface area (TPSA) is 86.8 Å². The van der Waals surface area contributed by atoms with Crippen LogP contribution in [0.2, 0.25) is 0 Å². The first-order chi connectivity index (χ1) is 19.1. The Hall–Kier alpha value is -3.24. The minimum absolute atomic E-state index is 0.00578. The molecule has 0 heterocycles. The zero-order valence-corrected chi connectivity index (χ0v) is 24.7. The summed E-state index contributed by atoms with van der Waals surface area (Å²) in [6.07, 6.45) is 5.02. The van der Waals surface area contributed by atoms with Crippen molar-refractivity contribution in [1.29, 1.82) is 0 Å². The van der Waals surface area contributed by atoms with Crippen LogP contribution < -0.4 is 9.62 Å². The number of benzene rings is 3. The Morgan fingerprint density at radius 3 is 2.30 bits per heavy atom. The average Bonchev–Trinajstić information content (AvgIpc) is 2.95. The van der Waals surface area contributed by atoms with Crippen molar-refractivity contribution in [2.75, 3.05) is 10.8 Å². The van der Waals surface area contributed by atoms with Crippen molar-refractivity contribution in [3.8, 4) is 0 Å². The number of anilines is 1. The number of nitrogens with one attached hydrogen (secondary N) is 1. The van der Waals surface area contributed by atoms with Gasteiger partial charge in [-0.25, -0.2) is 12.8 Å². The van der Waals surface area contributed by atoms with Gasteiger partial charge in [0.1, 0.15) is 18.4 Å². The van der Waals surface area contributed by atoms with Gasteiger partial charge in [-0.15, -0.1) is 0 Å². The summed E-state index contributed by atoms with van der Waals surface area (Å²) >= 11 is 3.45. The number of rotatable bonds is 10. The molecule has 3 aromatic carbocycles. The van der Waals surface area contributed by atoms with Gasteiger partial charge in [-0.1, -0.05) is 65.5 Å². The number of sulfonamides is 1. The van der Waals surface area contributed by atoms with Crippen molar-refractivity contribution in [1.82, 2.24) is 10.2 Å². The van der Waals surface area contributed by atoms with Gasteiger partial charge in [0.05, 0.1) is 10.6 Å². The highest BCUT2D eigenvalue weighted by atomic mass is 79.9. The smallest absolute Gasteiger partial charge is 0.264 e. The van der Waals surface area contributed by atoms with Crippen LogP contribution in [0.25, 0.3) is 0 Å². The van der Waals surface area contributed by atoms with E-state index in [1.165, 1.54) is 29.2 Å². The molecule has 0 aromatic heterocycles. The van der Waals surface area contributed by atoms with Gasteiger partial charge in [-0.05, 0) is 73.9 Å². The number of halogens is 2. The molecule has 1 aliphatic carbocycles. The lowest BCUT2D eigenvalue weighted by molar-refractivity contribution is -0.139. The van der Waals surface area contributed by atoms with Crippen molar-refractivity contribution >= 4 is 43.5 Å². The molecule has 0 aliphatic heterocycles. The molecule has 1 N–H and O–H groups in total. The molecular formula is C30H33BrFN3O4S. The summed E-state index contributed by atoms with van der Waals surface area (Å²) in [5, 5.41) is 3.08. The van der Waals surface area contributed by atoms with E-state index in [1.54, 1.807) is 25.1 Å². The zero-order chi connectivity index (χ0) is 28.7. The molecule has 4 rings (SSSR count). The molecule has 1 atom stereocenters. The lowest BCUT2D eigenvalue weighted by atomic mass is 9.95. The van der Waals surface area contributed by atoms with E-state index in [2.05, 4.69) is 21.2 Å². The minimum atomic E-state index is -4.19. The summed E-state index contributed by atoms with van der Waals surface area (Å²) in [5.41, 5.74) is 0.916. The normalized spacial score (nSPS) is 14.8. The lowest BCUT2D eigenvalue weighted by Gasteiger charge is -2.33. The van der Waals surface area contributed by atoms with Crippen molar-refractivity contribution in [2.24, 2.45) is 0 Å². The van der Waals surface area contributed by atoms with E-state index in [-0.39, 0.29) is 29.1 Å². The maximum atomic E-state index is 14.0. The number of amides is 2. The summed E-state index contributed by atoms with van der Waals surface area (Å²) in [7, 11) is -4.19. The average molecular weight is 631 g/mol. The highest BCUT2D eigenvalue weighted by molar-refractivity contribution is 9.10. The molecule has 10 heteroatoms. The van der Waals surface area contributed by atoms with Crippen LogP contribution in [-0.4, -0.2) is 43.8 Å². The number of nitrogens with zero attached hydrogens (tertiary/aromatic N) is 2. The van der Waals surface area contributed by atoms with Gasteiger partial charge in [0.15, 0.2) is 0 Å².